The average Bonchev–Trinajstić information content (AvgIpc) is 2.45. The molecule has 1 aromatic rings. The average molecular weight is 293 g/mol. The number of hydrogen-bond donors (Lipinski definition) is 1. The Balaban J connectivity index is 2.23. The Hall–Kier alpha value is -1.23. The first-order chi connectivity index (χ1) is 9.63. The Morgan fingerprint density at radius 2 is 2.40 bits per heavy atom. The summed E-state index contributed by atoms with van der Waals surface area (Å²) in [6, 6.07) is 2.26. The third-order valence-electron chi connectivity index (χ3n) is 3.47. The van der Waals surface area contributed by atoms with Gasteiger partial charge in [0.25, 0.3) is 5.91 Å². The third kappa shape index (κ3) is 3.45. The fraction of sp³-hybridized carbons (Fsp3) is 0.600. The summed E-state index contributed by atoms with van der Waals surface area (Å²) in [7, 11) is 0. The molecule has 5 heteroatoms. The Kier molecular flexibility index (Phi) is 5.29. The Bertz CT molecular complexity index is 478. The van der Waals surface area contributed by atoms with Gasteiger partial charge >= 0.3 is 0 Å². The van der Waals surface area contributed by atoms with Crippen LogP contribution in [0.2, 0.25) is 0 Å². The van der Waals surface area contributed by atoms with Crippen molar-refractivity contribution in [3.8, 4) is 0 Å². The first-order valence-corrected chi connectivity index (χ1v) is 8.38. The van der Waals surface area contributed by atoms with Crippen LogP contribution in [0.1, 0.15) is 36.3 Å². The van der Waals surface area contributed by atoms with Crippen LogP contribution < -0.4 is 5.32 Å². The molecule has 1 aromatic heterocycles. The van der Waals surface area contributed by atoms with E-state index in [2.05, 4.69) is 24.1 Å². The van der Waals surface area contributed by atoms with Gasteiger partial charge in [-0.1, -0.05) is 6.92 Å². The molecule has 1 unspecified atom stereocenters. The van der Waals surface area contributed by atoms with Crippen molar-refractivity contribution < 1.29 is 4.79 Å². The predicted octanol–water partition coefficient (Wildman–Crippen LogP) is 2.79. The smallest absolute Gasteiger partial charge is 0.257 e. The van der Waals surface area contributed by atoms with Crippen molar-refractivity contribution in [3.05, 3.63) is 23.5 Å². The Morgan fingerprint density at radius 1 is 1.60 bits per heavy atom. The van der Waals surface area contributed by atoms with Gasteiger partial charge in [-0.05, 0) is 26.3 Å². The van der Waals surface area contributed by atoms with Crippen LogP contribution in [-0.4, -0.2) is 46.4 Å². The number of aryl methyl sites for hydroxylation is 1. The number of pyridine rings is 1. The van der Waals surface area contributed by atoms with Crippen molar-refractivity contribution in [1.82, 2.24) is 9.88 Å². The molecule has 1 aliphatic rings. The zero-order valence-corrected chi connectivity index (χ0v) is 13.3. The van der Waals surface area contributed by atoms with Crippen LogP contribution in [0.15, 0.2) is 12.3 Å². The zero-order chi connectivity index (χ0) is 14.5. The van der Waals surface area contributed by atoms with E-state index in [9.17, 15) is 4.79 Å². The lowest BCUT2D eigenvalue weighted by atomic mass is 10.1. The number of nitrogens with zero attached hydrogens (tertiary/aromatic N) is 2. The highest BCUT2D eigenvalue weighted by Gasteiger charge is 2.26. The SMILES string of the molecule is CCCNc1cc(C)ncc1C(=O)N1CCSCC1C. The molecule has 0 spiro atoms. The van der Waals surface area contributed by atoms with Gasteiger partial charge in [0.2, 0.25) is 0 Å². The lowest BCUT2D eigenvalue weighted by Gasteiger charge is -2.33. The van der Waals surface area contributed by atoms with Crippen LogP contribution in [0.5, 0.6) is 0 Å². The maximum atomic E-state index is 12.7. The van der Waals surface area contributed by atoms with Crippen LogP contribution in [0, 0.1) is 6.92 Å². The third-order valence-corrected chi connectivity index (χ3v) is 4.65. The molecule has 1 saturated heterocycles. The molecule has 1 fully saturated rings. The summed E-state index contributed by atoms with van der Waals surface area (Å²) in [6.45, 7) is 7.88. The van der Waals surface area contributed by atoms with Crippen LogP contribution in [0.3, 0.4) is 0 Å². The minimum Gasteiger partial charge on any atom is -0.384 e. The molecule has 1 N–H and O–H groups in total. The van der Waals surface area contributed by atoms with Gasteiger partial charge in [-0.3, -0.25) is 9.78 Å². The standard InChI is InChI=1S/C15H23N3OS/c1-4-5-16-14-8-11(2)17-9-13(14)15(19)18-6-7-20-10-12(18)3/h8-9,12H,4-7,10H2,1-3H3,(H,16,17). The maximum Gasteiger partial charge on any atom is 0.257 e. The number of thioether (sulfide) groups is 1. The van der Waals surface area contributed by atoms with E-state index in [1.807, 2.05) is 29.7 Å². The summed E-state index contributed by atoms with van der Waals surface area (Å²) in [6.07, 6.45) is 2.75. The summed E-state index contributed by atoms with van der Waals surface area (Å²) in [5, 5.41) is 3.35. The highest BCUT2D eigenvalue weighted by atomic mass is 32.2. The molecule has 0 aliphatic carbocycles. The monoisotopic (exact) mass is 293 g/mol. The molecule has 2 rings (SSSR count). The first kappa shape index (κ1) is 15.2. The van der Waals surface area contributed by atoms with Gasteiger partial charge in [-0.15, -0.1) is 0 Å². The van der Waals surface area contributed by atoms with E-state index in [0.717, 1.165) is 42.4 Å². The number of carbonyl (C=O) groups excluding carboxylic acids is 1. The van der Waals surface area contributed by atoms with Crippen molar-refractivity contribution in [2.45, 2.75) is 33.2 Å². The molecule has 110 valence electrons. The highest BCUT2D eigenvalue weighted by Crippen LogP contribution is 2.23. The summed E-state index contributed by atoms with van der Waals surface area (Å²) < 4.78 is 0. The summed E-state index contributed by atoms with van der Waals surface area (Å²) in [5.74, 6) is 2.14. The van der Waals surface area contributed by atoms with Crippen molar-refractivity contribution in [1.29, 1.82) is 0 Å². The lowest BCUT2D eigenvalue weighted by molar-refractivity contribution is 0.0716. The quantitative estimate of drug-likeness (QED) is 0.927. The van der Waals surface area contributed by atoms with Gasteiger partial charge in [-0.25, -0.2) is 0 Å². The number of aromatic nitrogens is 1. The van der Waals surface area contributed by atoms with E-state index in [1.54, 1.807) is 6.20 Å². The highest BCUT2D eigenvalue weighted by molar-refractivity contribution is 7.99. The topological polar surface area (TPSA) is 45.2 Å². The zero-order valence-electron chi connectivity index (χ0n) is 12.5. The van der Waals surface area contributed by atoms with E-state index < -0.39 is 0 Å². The number of rotatable bonds is 4. The van der Waals surface area contributed by atoms with Crippen molar-refractivity contribution >= 4 is 23.4 Å². The van der Waals surface area contributed by atoms with E-state index in [0.29, 0.717) is 11.6 Å². The van der Waals surface area contributed by atoms with E-state index in [1.165, 1.54) is 0 Å². The summed E-state index contributed by atoms with van der Waals surface area (Å²) in [4.78, 5) is 19.0. The van der Waals surface area contributed by atoms with Gasteiger partial charge < -0.3 is 10.2 Å². The van der Waals surface area contributed by atoms with E-state index in [4.69, 9.17) is 0 Å². The second kappa shape index (κ2) is 6.97. The molecule has 0 bridgehead atoms. The van der Waals surface area contributed by atoms with Crippen LogP contribution in [0.4, 0.5) is 5.69 Å². The normalized spacial score (nSPS) is 18.9. The molecule has 0 aromatic carbocycles. The molecule has 4 nitrogen and oxygen atoms in total. The second-order valence-corrected chi connectivity index (χ2v) is 6.37. The molecule has 0 saturated carbocycles. The molecular formula is C15H23N3OS. The molecule has 1 amide bonds. The Morgan fingerprint density at radius 3 is 3.10 bits per heavy atom. The van der Waals surface area contributed by atoms with Gasteiger partial charge in [0.1, 0.15) is 0 Å². The van der Waals surface area contributed by atoms with Crippen molar-refractivity contribution in [2.24, 2.45) is 0 Å². The lowest BCUT2D eigenvalue weighted by Crippen LogP contribution is -2.44. The number of carbonyl (C=O) groups is 1. The van der Waals surface area contributed by atoms with Crippen LogP contribution >= 0.6 is 11.8 Å². The molecule has 20 heavy (non-hydrogen) atoms. The van der Waals surface area contributed by atoms with E-state index in [-0.39, 0.29) is 5.91 Å². The number of nitrogens with one attached hydrogen (secondary N) is 1. The number of amides is 1. The Labute approximate surface area is 125 Å². The molecule has 1 aliphatic heterocycles. The van der Waals surface area contributed by atoms with Gasteiger partial charge in [-0.2, -0.15) is 11.8 Å². The fourth-order valence-corrected chi connectivity index (χ4v) is 3.33. The van der Waals surface area contributed by atoms with Crippen LogP contribution in [0.25, 0.3) is 0 Å². The van der Waals surface area contributed by atoms with Crippen molar-refractivity contribution in [3.63, 3.8) is 0 Å². The number of hydrogen-bond acceptors (Lipinski definition) is 4. The first-order valence-electron chi connectivity index (χ1n) is 7.22. The van der Waals surface area contributed by atoms with Gasteiger partial charge in [0.15, 0.2) is 0 Å². The van der Waals surface area contributed by atoms with Crippen LogP contribution in [-0.2, 0) is 0 Å². The number of anilines is 1. The molecule has 1 atom stereocenters. The minimum absolute atomic E-state index is 0.101. The molecule has 2 heterocycles. The minimum atomic E-state index is 0.101. The summed E-state index contributed by atoms with van der Waals surface area (Å²) >= 11 is 1.91. The second-order valence-electron chi connectivity index (χ2n) is 5.22. The largest absolute Gasteiger partial charge is 0.384 e. The van der Waals surface area contributed by atoms with Gasteiger partial charge in [0.05, 0.1) is 11.3 Å². The van der Waals surface area contributed by atoms with Crippen molar-refractivity contribution in [2.75, 3.05) is 29.9 Å². The summed E-state index contributed by atoms with van der Waals surface area (Å²) in [5.41, 5.74) is 2.54. The fourth-order valence-electron chi connectivity index (χ4n) is 2.32. The molecule has 0 radical (unpaired) electrons. The predicted molar refractivity (Wildman–Crippen MR) is 85.6 cm³/mol. The maximum absolute atomic E-state index is 12.7. The molecular weight excluding hydrogens is 270 g/mol. The van der Waals surface area contributed by atoms with Gasteiger partial charge in [0, 0.05) is 42.5 Å². The van der Waals surface area contributed by atoms with E-state index >= 15 is 0 Å².